The second-order valence-electron chi connectivity index (χ2n) is 5.70. The molecule has 0 aliphatic rings. The maximum Gasteiger partial charge on any atom is 0.313 e. The van der Waals surface area contributed by atoms with E-state index in [-0.39, 0.29) is 17.8 Å². The van der Waals surface area contributed by atoms with E-state index in [4.69, 9.17) is 4.74 Å². The number of rotatable bonds is 10. The highest BCUT2D eigenvalue weighted by atomic mass is 16.5. The maximum atomic E-state index is 11.4. The first-order valence-corrected chi connectivity index (χ1v) is 7.10. The molecule has 4 heteroatoms. The van der Waals surface area contributed by atoms with Gasteiger partial charge in [-0.05, 0) is 46.5 Å². The van der Waals surface area contributed by atoms with Crippen LogP contribution in [0.3, 0.4) is 0 Å². The molecule has 0 N–H and O–H groups in total. The number of allylic oxidation sites excluding steroid dienone is 2. The number of carbonyl (C=O) groups is 2. The van der Waals surface area contributed by atoms with Crippen LogP contribution in [-0.2, 0) is 19.1 Å². The van der Waals surface area contributed by atoms with Gasteiger partial charge in [0.15, 0.2) is 0 Å². The molecular weight excluding hydrogens is 256 g/mol. The van der Waals surface area contributed by atoms with Gasteiger partial charge in [-0.1, -0.05) is 11.6 Å². The summed E-state index contributed by atoms with van der Waals surface area (Å²) in [7, 11) is 3.02. The third-order valence-corrected chi connectivity index (χ3v) is 3.39. The summed E-state index contributed by atoms with van der Waals surface area (Å²) in [6, 6.07) is 0. The molecule has 0 spiro atoms. The first-order chi connectivity index (χ1) is 9.30. The number of ether oxygens (including phenoxy) is 2. The Labute approximate surface area is 122 Å². The highest BCUT2D eigenvalue weighted by molar-refractivity contribution is 5.95. The smallest absolute Gasteiger partial charge is 0.313 e. The van der Waals surface area contributed by atoms with Gasteiger partial charge in [-0.15, -0.1) is 0 Å². The van der Waals surface area contributed by atoms with Crippen LogP contribution in [0.5, 0.6) is 0 Å². The van der Waals surface area contributed by atoms with Crippen LogP contribution in [0.1, 0.15) is 59.3 Å². The molecule has 0 aromatic rings. The molecule has 116 valence electrons. The standard InChI is InChI=1S/C16H28O4/c1-13(9-7-11-16(2,3)20-5)8-6-10-14(17)12-15(18)19-4/h8H,6-7,9-12H2,1-5H3/b13-8+. The molecule has 0 aliphatic heterocycles. The summed E-state index contributed by atoms with van der Waals surface area (Å²) in [6.45, 7) is 6.24. The molecule has 0 rings (SSSR count). The molecule has 0 aliphatic carbocycles. The normalized spacial score (nSPS) is 12.3. The van der Waals surface area contributed by atoms with E-state index in [9.17, 15) is 9.59 Å². The summed E-state index contributed by atoms with van der Waals surface area (Å²) < 4.78 is 9.83. The summed E-state index contributed by atoms with van der Waals surface area (Å²) in [5.41, 5.74) is 1.21. The topological polar surface area (TPSA) is 52.6 Å². The van der Waals surface area contributed by atoms with Crippen molar-refractivity contribution in [3.8, 4) is 0 Å². The van der Waals surface area contributed by atoms with Crippen molar-refractivity contribution in [2.75, 3.05) is 14.2 Å². The molecule has 0 atom stereocenters. The zero-order valence-corrected chi connectivity index (χ0v) is 13.5. The van der Waals surface area contributed by atoms with Crippen LogP contribution >= 0.6 is 0 Å². The van der Waals surface area contributed by atoms with Crippen LogP contribution in [0.15, 0.2) is 11.6 Å². The molecule has 0 fully saturated rings. The van der Waals surface area contributed by atoms with Crippen LogP contribution in [0.2, 0.25) is 0 Å². The average Bonchev–Trinajstić information content (AvgIpc) is 2.38. The summed E-state index contributed by atoms with van der Waals surface area (Å²) in [6.07, 6.45) is 6.14. The van der Waals surface area contributed by atoms with Gasteiger partial charge in [0, 0.05) is 13.5 Å². The van der Waals surface area contributed by atoms with Gasteiger partial charge in [-0.2, -0.15) is 0 Å². The fourth-order valence-electron chi connectivity index (χ4n) is 1.80. The number of carbonyl (C=O) groups excluding carboxylic acids is 2. The van der Waals surface area contributed by atoms with Gasteiger partial charge >= 0.3 is 5.97 Å². The van der Waals surface area contributed by atoms with E-state index in [0.717, 1.165) is 19.3 Å². The van der Waals surface area contributed by atoms with Crippen molar-refractivity contribution < 1.29 is 19.1 Å². The van der Waals surface area contributed by atoms with Crippen molar-refractivity contribution in [1.29, 1.82) is 0 Å². The van der Waals surface area contributed by atoms with E-state index in [0.29, 0.717) is 12.8 Å². The summed E-state index contributed by atoms with van der Waals surface area (Å²) in [5, 5.41) is 0. The SMILES string of the molecule is COC(=O)CC(=O)CC/C=C(\C)CCCC(C)(C)OC. The zero-order chi connectivity index (χ0) is 15.6. The van der Waals surface area contributed by atoms with Gasteiger partial charge in [-0.25, -0.2) is 0 Å². The summed E-state index contributed by atoms with van der Waals surface area (Å²) >= 11 is 0. The monoisotopic (exact) mass is 284 g/mol. The Morgan fingerprint density at radius 3 is 2.35 bits per heavy atom. The lowest BCUT2D eigenvalue weighted by atomic mass is 9.98. The van der Waals surface area contributed by atoms with E-state index >= 15 is 0 Å². The number of Topliss-reactive ketones (excluding diaryl/α,β-unsaturated/α-hetero) is 1. The van der Waals surface area contributed by atoms with Gasteiger partial charge in [0.25, 0.3) is 0 Å². The zero-order valence-electron chi connectivity index (χ0n) is 13.5. The molecule has 0 saturated heterocycles. The Morgan fingerprint density at radius 2 is 1.80 bits per heavy atom. The Bertz CT molecular complexity index is 342. The minimum absolute atomic E-state index is 0.0681. The number of hydrogen-bond donors (Lipinski definition) is 0. The van der Waals surface area contributed by atoms with Crippen LogP contribution < -0.4 is 0 Å². The van der Waals surface area contributed by atoms with Crippen LogP contribution in [0, 0.1) is 0 Å². The number of methoxy groups -OCH3 is 2. The second kappa shape index (κ2) is 9.70. The highest BCUT2D eigenvalue weighted by Gasteiger charge is 2.15. The van der Waals surface area contributed by atoms with Gasteiger partial charge in [0.1, 0.15) is 12.2 Å². The lowest BCUT2D eigenvalue weighted by Gasteiger charge is -2.22. The van der Waals surface area contributed by atoms with Crippen molar-refractivity contribution in [2.45, 2.75) is 64.9 Å². The molecule has 0 amide bonds. The third kappa shape index (κ3) is 9.73. The van der Waals surface area contributed by atoms with Crippen LogP contribution in [0.4, 0.5) is 0 Å². The fraction of sp³-hybridized carbons (Fsp3) is 0.750. The molecule has 20 heavy (non-hydrogen) atoms. The summed E-state index contributed by atoms with van der Waals surface area (Å²) in [5.74, 6) is -0.529. The van der Waals surface area contributed by atoms with Crippen molar-refractivity contribution in [2.24, 2.45) is 0 Å². The fourth-order valence-corrected chi connectivity index (χ4v) is 1.80. The Morgan fingerprint density at radius 1 is 1.15 bits per heavy atom. The predicted molar refractivity (Wildman–Crippen MR) is 79.6 cm³/mol. The average molecular weight is 284 g/mol. The summed E-state index contributed by atoms with van der Waals surface area (Å²) in [4.78, 5) is 22.3. The van der Waals surface area contributed by atoms with Gasteiger partial charge < -0.3 is 9.47 Å². The first kappa shape index (κ1) is 18.8. The minimum atomic E-state index is -0.461. The molecule has 0 radical (unpaired) electrons. The number of esters is 1. The van der Waals surface area contributed by atoms with E-state index in [1.807, 2.05) is 0 Å². The van der Waals surface area contributed by atoms with Crippen molar-refractivity contribution in [3.05, 3.63) is 11.6 Å². The molecule has 0 aromatic carbocycles. The second-order valence-corrected chi connectivity index (χ2v) is 5.70. The largest absolute Gasteiger partial charge is 0.469 e. The third-order valence-electron chi connectivity index (χ3n) is 3.39. The van der Waals surface area contributed by atoms with E-state index < -0.39 is 5.97 Å². The molecule has 0 aromatic heterocycles. The van der Waals surface area contributed by atoms with Crippen molar-refractivity contribution >= 4 is 11.8 Å². The molecule has 0 bridgehead atoms. The lowest BCUT2D eigenvalue weighted by molar-refractivity contribution is -0.143. The van der Waals surface area contributed by atoms with Gasteiger partial charge in [0.2, 0.25) is 0 Å². The minimum Gasteiger partial charge on any atom is -0.469 e. The quantitative estimate of drug-likeness (QED) is 0.350. The molecule has 4 nitrogen and oxygen atoms in total. The highest BCUT2D eigenvalue weighted by Crippen LogP contribution is 2.19. The van der Waals surface area contributed by atoms with Crippen LogP contribution in [0.25, 0.3) is 0 Å². The van der Waals surface area contributed by atoms with Gasteiger partial charge in [-0.3, -0.25) is 9.59 Å². The molecule has 0 saturated carbocycles. The Kier molecular flexibility index (Phi) is 9.14. The Balaban J connectivity index is 3.86. The van der Waals surface area contributed by atoms with E-state index in [1.54, 1.807) is 7.11 Å². The Hall–Kier alpha value is -1.16. The molecular formula is C16H28O4. The van der Waals surface area contributed by atoms with Crippen LogP contribution in [-0.4, -0.2) is 31.6 Å². The van der Waals surface area contributed by atoms with E-state index in [2.05, 4.69) is 31.6 Å². The number of ketones is 1. The molecule has 0 heterocycles. The van der Waals surface area contributed by atoms with Gasteiger partial charge in [0.05, 0.1) is 12.7 Å². The first-order valence-electron chi connectivity index (χ1n) is 7.10. The molecule has 0 unspecified atom stereocenters. The maximum absolute atomic E-state index is 11.4. The van der Waals surface area contributed by atoms with Crippen molar-refractivity contribution in [1.82, 2.24) is 0 Å². The van der Waals surface area contributed by atoms with E-state index in [1.165, 1.54) is 12.7 Å². The van der Waals surface area contributed by atoms with Crippen molar-refractivity contribution in [3.63, 3.8) is 0 Å². The number of hydrogen-bond acceptors (Lipinski definition) is 4. The predicted octanol–water partition coefficient (Wildman–Crippen LogP) is 3.44. The lowest BCUT2D eigenvalue weighted by Crippen LogP contribution is -2.21.